The first kappa shape index (κ1) is 28.6. The summed E-state index contributed by atoms with van der Waals surface area (Å²) in [5.74, 6) is 0.843. The van der Waals surface area contributed by atoms with Gasteiger partial charge in [-0.2, -0.15) is 5.10 Å². The summed E-state index contributed by atoms with van der Waals surface area (Å²) >= 11 is 0. The van der Waals surface area contributed by atoms with Crippen LogP contribution < -0.4 is 15.4 Å². The van der Waals surface area contributed by atoms with Gasteiger partial charge in [-0.15, -0.1) is 0 Å². The number of likely N-dealkylation sites (tertiary alicyclic amines) is 1. The summed E-state index contributed by atoms with van der Waals surface area (Å²) in [4.78, 5) is 37.2. The van der Waals surface area contributed by atoms with Gasteiger partial charge in [0.2, 0.25) is 17.7 Å². The van der Waals surface area contributed by atoms with Gasteiger partial charge in [0.15, 0.2) is 0 Å². The molecule has 2 bridgehead atoms. The zero-order chi connectivity index (χ0) is 29.9. The lowest BCUT2D eigenvalue weighted by Crippen LogP contribution is -2.43. The molecular weight excluding hydrogens is 544 g/mol. The van der Waals surface area contributed by atoms with Gasteiger partial charge in [-0.25, -0.2) is 9.67 Å². The van der Waals surface area contributed by atoms with Gasteiger partial charge in [0.25, 0.3) is 5.91 Å². The molecule has 0 radical (unpaired) electrons. The minimum Gasteiger partial charge on any atom is -0.477 e. The van der Waals surface area contributed by atoms with Crippen LogP contribution in [-0.4, -0.2) is 66.8 Å². The third kappa shape index (κ3) is 6.31. The summed E-state index contributed by atoms with van der Waals surface area (Å²) < 4.78 is 9.99. The molecule has 1 fully saturated rings. The van der Waals surface area contributed by atoms with Gasteiger partial charge in [-0.3, -0.25) is 24.8 Å². The molecule has 4 aromatic rings. The maximum Gasteiger partial charge on any atom is 0.258 e. The SMILES string of the molecule is C=CC(=O)NC1CCN(Cc2ccc3nc4n(c3c2)CCCCCOc2c(cnn2C)-c2cc(cc(C)n2)C(=O)N4)CC1. The lowest BCUT2D eigenvalue weighted by molar-refractivity contribution is -0.117. The van der Waals surface area contributed by atoms with Gasteiger partial charge in [-0.1, -0.05) is 12.6 Å². The smallest absolute Gasteiger partial charge is 0.258 e. The van der Waals surface area contributed by atoms with Crippen LogP contribution in [0.4, 0.5) is 5.95 Å². The fourth-order valence-electron chi connectivity index (χ4n) is 5.94. The number of nitrogens with zero attached hydrogens (tertiary/aromatic N) is 6. The predicted octanol–water partition coefficient (Wildman–Crippen LogP) is 4.22. The highest BCUT2D eigenvalue weighted by Gasteiger charge is 2.22. The number of rotatable bonds is 4. The molecule has 43 heavy (non-hydrogen) atoms. The van der Waals surface area contributed by atoms with E-state index in [0.29, 0.717) is 29.7 Å². The lowest BCUT2D eigenvalue weighted by Gasteiger charge is -2.32. The molecule has 11 heteroatoms. The Kier molecular flexibility index (Phi) is 8.24. The van der Waals surface area contributed by atoms with Gasteiger partial charge >= 0.3 is 0 Å². The molecule has 2 aliphatic rings. The normalized spacial score (nSPS) is 16.7. The lowest BCUT2D eigenvalue weighted by atomic mass is 10.0. The maximum absolute atomic E-state index is 13.6. The van der Waals surface area contributed by atoms with Crippen molar-refractivity contribution in [3.63, 3.8) is 0 Å². The van der Waals surface area contributed by atoms with Crippen molar-refractivity contribution >= 4 is 28.8 Å². The second-order valence-electron chi connectivity index (χ2n) is 11.4. The van der Waals surface area contributed by atoms with Crippen LogP contribution in [0.15, 0.2) is 49.2 Å². The van der Waals surface area contributed by atoms with Gasteiger partial charge in [-0.05, 0) is 74.9 Å². The van der Waals surface area contributed by atoms with E-state index in [1.807, 2.05) is 20.0 Å². The van der Waals surface area contributed by atoms with Crippen molar-refractivity contribution in [2.45, 2.75) is 58.2 Å². The number of imidazole rings is 1. The molecule has 2 N–H and O–H groups in total. The molecule has 6 rings (SSSR count). The molecule has 0 atom stereocenters. The van der Waals surface area contributed by atoms with Crippen LogP contribution >= 0.6 is 0 Å². The van der Waals surface area contributed by atoms with Crippen molar-refractivity contribution in [3.05, 3.63) is 66.0 Å². The maximum atomic E-state index is 13.6. The molecule has 0 aliphatic carbocycles. The van der Waals surface area contributed by atoms with E-state index in [-0.39, 0.29) is 17.9 Å². The minimum absolute atomic E-state index is 0.109. The van der Waals surface area contributed by atoms with E-state index < -0.39 is 0 Å². The van der Waals surface area contributed by atoms with Crippen LogP contribution in [0.2, 0.25) is 0 Å². The number of carbonyl (C=O) groups excluding carboxylic acids is 2. The number of piperidine rings is 1. The van der Waals surface area contributed by atoms with Crippen LogP contribution in [0.1, 0.15) is 53.7 Å². The Morgan fingerprint density at radius 2 is 1.98 bits per heavy atom. The van der Waals surface area contributed by atoms with Crippen molar-refractivity contribution in [2.75, 3.05) is 25.0 Å². The number of fused-ring (bicyclic) bond motifs is 7. The van der Waals surface area contributed by atoms with Crippen LogP contribution in [0.25, 0.3) is 22.3 Å². The minimum atomic E-state index is -0.240. The number of pyridine rings is 1. The zero-order valence-corrected chi connectivity index (χ0v) is 24.8. The molecule has 0 unspecified atom stereocenters. The largest absolute Gasteiger partial charge is 0.477 e. The Balaban J connectivity index is 1.26. The average molecular weight is 583 g/mol. The zero-order valence-electron chi connectivity index (χ0n) is 24.8. The number of nitrogens with one attached hydrogen (secondary N) is 2. The molecule has 11 nitrogen and oxygen atoms in total. The first-order valence-electron chi connectivity index (χ1n) is 15.0. The standard InChI is InChI=1S/C32H38N8O3/c1-4-29(41)35-24-10-13-39(14-11-24)20-22-8-9-26-28(17-22)40-12-6-5-7-15-43-31-25(19-33-38(31)3)27-18-23(16-21(2)34-27)30(42)37-32(40)36-26/h4,8-9,16-19,24H,1,5-7,10-15,20H2,2-3H3,(H,35,41)(H,36,37,42). The summed E-state index contributed by atoms with van der Waals surface area (Å²) in [6.45, 7) is 9.36. The summed E-state index contributed by atoms with van der Waals surface area (Å²) in [5, 5.41) is 10.5. The Morgan fingerprint density at radius 3 is 2.79 bits per heavy atom. The topological polar surface area (TPSA) is 119 Å². The summed E-state index contributed by atoms with van der Waals surface area (Å²) in [6, 6.07) is 10.1. The Hall–Kier alpha value is -4.51. The molecule has 224 valence electrons. The van der Waals surface area contributed by atoms with E-state index in [0.717, 1.165) is 80.6 Å². The summed E-state index contributed by atoms with van der Waals surface area (Å²) in [6.07, 6.45) is 7.66. The quantitative estimate of drug-likeness (QED) is 0.346. The number of anilines is 1. The van der Waals surface area contributed by atoms with E-state index in [1.165, 1.54) is 11.6 Å². The Bertz CT molecular complexity index is 1660. The van der Waals surface area contributed by atoms with Gasteiger partial charge in [0, 0.05) is 50.5 Å². The average Bonchev–Trinajstić information content (AvgIpc) is 3.53. The van der Waals surface area contributed by atoms with E-state index in [9.17, 15) is 9.59 Å². The first-order valence-corrected chi connectivity index (χ1v) is 15.0. The number of benzene rings is 1. The van der Waals surface area contributed by atoms with Crippen LogP contribution in [0.3, 0.4) is 0 Å². The van der Waals surface area contributed by atoms with Gasteiger partial charge in [0.1, 0.15) is 0 Å². The highest BCUT2D eigenvalue weighted by atomic mass is 16.5. The second kappa shape index (κ2) is 12.4. The van der Waals surface area contributed by atoms with Gasteiger partial charge < -0.3 is 14.6 Å². The molecule has 0 saturated carbocycles. The number of amides is 2. The summed E-state index contributed by atoms with van der Waals surface area (Å²) in [7, 11) is 1.85. The number of carbonyl (C=O) groups is 2. The Labute approximate surface area is 250 Å². The van der Waals surface area contributed by atoms with Crippen LogP contribution in [-0.2, 0) is 24.9 Å². The monoisotopic (exact) mass is 582 g/mol. The van der Waals surface area contributed by atoms with Crippen molar-refractivity contribution in [1.82, 2.24) is 34.5 Å². The predicted molar refractivity (Wildman–Crippen MR) is 165 cm³/mol. The molecule has 1 aromatic carbocycles. The van der Waals surface area contributed by atoms with Crippen molar-refractivity contribution < 1.29 is 14.3 Å². The van der Waals surface area contributed by atoms with E-state index in [2.05, 4.69) is 48.9 Å². The first-order chi connectivity index (χ1) is 20.9. The highest BCUT2D eigenvalue weighted by molar-refractivity contribution is 6.04. The Morgan fingerprint density at radius 1 is 1.14 bits per heavy atom. The molecule has 5 heterocycles. The molecule has 1 saturated heterocycles. The number of aromatic nitrogens is 5. The van der Waals surface area contributed by atoms with Crippen LogP contribution in [0, 0.1) is 6.92 Å². The highest BCUT2D eigenvalue weighted by Crippen LogP contribution is 2.30. The molecule has 2 amide bonds. The fraction of sp³-hybridized carbons (Fsp3) is 0.406. The molecule has 0 spiro atoms. The third-order valence-corrected chi connectivity index (χ3v) is 8.20. The number of hydrogen-bond acceptors (Lipinski definition) is 7. The number of aryl methyl sites for hydroxylation is 3. The van der Waals surface area contributed by atoms with Crippen molar-refractivity contribution in [2.24, 2.45) is 7.05 Å². The summed E-state index contributed by atoms with van der Waals surface area (Å²) in [5.41, 5.74) is 5.69. The molecular formula is C32H38N8O3. The van der Waals surface area contributed by atoms with E-state index in [1.54, 1.807) is 23.0 Å². The van der Waals surface area contributed by atoms with E-state index in [4.69, 9.17) is 9.72 Å². The number of ether oxygens (including phenoxy) is 1. The van der Waals surface area contributed by atoms with Gasteiger partial charge in [0.05, 0.1) is 35.1 Å². The molecule has 3 aromatic heterocycles. The fourth-order valence-corrected chi connectivity index (χ4v) is 5.94. The van der Waals surface area contributed by atoms with Crippen molar-refractivity contribution in [3.8, 4) is 17.1 Å². The second-order valence-corrected chi connectivity index (χ2v) is 11.4. The van der Waals surface area contributed by atoms with Crippen LogP contribution in [0.5, 0.6) is 5.88 Å². The third-order valence-electron chi connectivity index (χ3n) is 8.20. The van der Waals surface area contributed by atoms with E-state index >= 15 is 0 Å². The number of hydrogen-bond donors (Lipinski definition) is 2. The van der Waals surface area contributed by atoms with Crippen molar-refractivity contribution in [1.29, 1.82) is 0 Å². The molecule has 2 aliphatic heterocycles.